The predicted octanol–water partition coefficient (Wildman–Crippen LogP) is 1.74. The normalized spacial score (nSPS) is 12.2. The highest BCUT2D eigenvalue weighted by Crippen LogP contribution is 2.10. The highest BCUT2D eigenvalue weighted by atomic mass is 32.8. The van der Waals surface area contributed by atoms with Crippen LogP contribution in [0.5, 0.6) is 0 Å². The van der Waals surface area contributed by atoms with E-state index in [1.54, 1.807) is 0 Å². The topological polar surface area (TPSA) is 20.3 Å². The molecule has 0 amide bonds. The maximum atomic E-state index is 12.1. The summed E-state index contributed by atoms with van der Waals surface area (Å²) in [6, 6.07) is 9.31. The molecule has 1 aromatic carbocycles. The Morgan fingerprint density at radius 1 is 1.31 bits per heavy atom. The number of rotatable bonds is 3. The Hall–Kier alpha value is -0.840. The molecule has 1 aromatic rings. The summed E-state index contributed by atoms with van der Waals surface area (Å²) in [4.78, 5) is 15.0. The van der Waals surface area contributed by atoms with Gasteiger partial charge in [-0.25, -0.2) is 0 Å². The molecule has 1 atom stereocenters. The number of benzene rings is 1. The van der Waals surface area contributed by atoms with E-state index in [-0.39, 0.29) is 11.7 Å². The number of carbonyl (C=O) groups excluding carboxylic acids is 1. The predicted molar refractivity (Wildman–Crippen MR) is 73.4 cm³/mol. The van der Waals surface area contributed by atoms with Crippen LogP contribution in [-0.2, 0) is 21.1 Å². The lowest BCUT2D eigenvalue weighted by atomic mass is 9.99. The second-order valence-electron chi connectivity index (χ2n) is 3.77. The number of nitrogens with zero attached hydrogens (tertiary/aromatic N) is 1. The van der Waals surface area contributed by atoms with Crippen molar-refractivity contribution in [2.24, 2.45) is 5.92 Å². The molecule has 0 saturated heterocycles. The van der Waals surface area contributed by atoms with Crippen molar-refractivity contribution in [3.05, 3.63) is 35.9 Å². The Labute approximate surface area is 104 Å². The highest BCUT2D eigenvalue weighted by molar-refractivity contribution is 8.17. The van der Waals surface area contributed by atoms with Crippen molar-refractivity contribution in [2.45, 2.75) is 6.92 Å². The number of Topliss-reactive ketones (excluding diaryl/α,β-unsaturated/α-hetero) is 1. The van der Waals surface area contributed by atoms with Gasteiger partial charge in [0.2, 0.25) is 0 Å². The fraction of sp³-hybridized carbons (Fsp3) is 0.333. The van der Waals surface area contributed by atoms with Crippen LogP contribution in [0.15, 0.2) is 30.3 Å². The number of ketones is 1. The molecule has 0 heterocycles. The van der Waals surface area contributed by atoms with E-state index < -0.39 is 0 Å². The van der Waals surface area contributed by atoms with Gasteiger partial charge in [0.25, 0.3) is 0 Å². The lowest BCUT2D eigenvalue weighted by molar-refractivity contribution is 0.0958. The summed E-state index contributed by atoms with van der Waals surface area (Å²) in [7, 11) is 5.03. The molecule has 0 bridgehead atoms. The molecule has 2 nitrogen and oxygen atoms in total. The van der Waals surface area contributed by atoms with E-state index in [4.69, 9.17) is 11.2 Å². The second kappa shape index (κ2) is 6.03. The van der Waals surface area contributed by atoms with Crippen molar-refractivity contribution in [1.82, 2.24) is 4.90 Å². The molecule has 0 fully saturated rings. The van der Waals surface area contributed by atoms with Gasteiger partial charge in [0.15, 0.2) is 5.78 Å². The fourth-order valence-electron chi connectivity index (χ4n) is 1.50. The van der Waals surface area contributed by atoms with Gasteiger partial charge < -0.3 is 0 Å². The van der Waals surface area contributed by atoms with Gasteiger partial charge in [-0.05, 0) is 32.2 Å². The Bertz CT molecular complexity index is 422. The molecular weight excluding hydrogens is 238 g/mol. The molecule has 1 unspecified atom stereocenters. The summed E-state index contributed by atoms with van der Waals surface area (Å²) in [5, 5.41) is 0. The Morgan fingerprint density at radius 3 is 2.31 bits per heavy atom. The van der Waals surface area contributed by atoms with Crippen LogP contribution in [0.2, 0.25) is 0 Å². The van der Waals surface area contributed by atoms with Gasteiger partial charge in [-0.2, -0.15) is 0 Å². The minimum atomic E-state index is -0.181. The lowest BCUT2D eigenvalue weighted by Gasteiger charge is -2.18. The monoisotopic (exact) mass is 253 g/mol. The summed E-state index contributed by atoms with van der Waals surface area (Å²) in [6.45, 7) is 1.89. The van der Waals surface area contributed by atoms with E-state index >= 15 is 0 Å². The highest BCUT2D eigenvalue weighted by Gasteiger charge is 2.20. The van der Waals surface area contributed by atoms with Crippen molar-refractivity contribution in [1.29, 1.82) is 0 Å². The summed E-state index contributed by atoms with van der Waals surface area (Å²) in [6.07, 6.45) is 0. The molecule has 0 spiro atoms. The van der Waals surface area contributed by atoms with E-state index in [2.05, 4.69) is 0 Å². The first-order chi connectivity index (χ1) is 7.57. The van der Waals surface area contributed by atoms with Gasteiger partial charge in [-0.1, -0.05) is 40.2 Å². The summed E-state index contributed by atoms with van der Waals surface area (Å²) < 4.78 is 0. The molecule has 0 saturated carbocycles. The van der Waals surface area contributed by atoms with Crippen molar-refractivity contribution < 1.29 is 4.79 Å². The minimum absolute atomic E-state index is 0.113. The van der Waals surface area contributed by atoms with E-state index in [9.17, 15) is 4.79 Å². The standard InChI is InChI=1S/C12H15NOS2/c1-9(12(16-15)13(2)3)11(14)10-7-5-4-6-8-10/h4-9H,1-3H3. The zero-order chi connectivity index (χ0) is 12.1. The molecule has 86 valence electrons. The third kappa shape index (κ3) is 3.07. The van der Waals surface area contributed by atoms with Crippen LogP contribution < -0.4 is 0 Å². The first kappa shape index (κ1) is 13.2. The van der Waals surface area contributed by atoms with Gasteiger partial charge in [-0.15, -0.1) is 0 Å². The van der Waals surface area contributed by atoms with E-state index in [1.807, 2.05) is 56.3 Å². The minimum Gasteiger partial charge on any atom is -0.293 e. The SMILES string of the molecule is CC(C(=O)c1ccccc1)C(=S=S)N(C)C. The summed E-state index contributed by atoms with van der Waals surface area (Å²) >= 11 is 4.98. The van der Waals surface area contributed by atoms with Crippen molar-refractivity contribution in [3.63, 3.8) is 0 Å². The lowest BCUT2D eigenvalue weighted by Crippen LogP contribution is -2.32. The molecule has 0 aromatic heterocycles. The molecule has 0 aliphatic carbocycles. The van der Waals surface area contributed by atoms with Crippen LogP contribution in [-0.4, -0.2) is 29.8 Å². The quantitative estimate of drug-likeness (QED) is 0.604. The number of hydrogen-bond acceptors (Lipinski definition) is 2. The average molecular weight is 253 g/mol. The second-order valence-corrected chi connectivity index (χ2v) is 4.85. The molecule has 4 heteroatoms. The van der Waals surface area contributed by atoms with Crippen molar-refractivity contribution in [3.8, 4) is 0 Å². The summed E-state index contributed by atoms with van der Waals surface area (Å²) in [5.74, 6) is -0.0680. The van der Waals surface area contributed by atoms with E-state index in [0.29, 0.717) is 0 Å². The van der Waals surface area contributed by atoms with Gasteiger partial charge in [0.05, 0.1) is 10.9 Å². The van der Waals surface area contributed by atoms with Crippen LogP contribution >= 0.6 is 0 Å². The molecule has 0 aliphatic heterocycles. The van der Waals surface area contributed by atoms with Crippen LogP contribution in [0.1, 0.15) is 17.3 Å². The zero-order valence-electron chi connectivity index (χ0n) is 9.64. The van der Waals surface area contributed by atoms with Crippen molar-refractivity contribution >= 4 is 31.9 Å². The van der Waals surface area contributed by atoms with Crippen LogP contribution in [0, 0.1) is 5.92 Å². The third-order valence-electron chi connectivity index (χ3n) is 2.35. The summed E-state index contributed by atoms with van der Waals surface area (Å²) in [5.41, 5.74) is 0.735. The van der Waals surface area contributed by atoms with Gasteiger partial charge >= 0.3 is 0 Å². The first-order valence-electron chi connectivity index (χ1n) is 5.01. The molecule has 16 heavy (non-hydrogen) atoms. The van der Waals surface area contributed by atoms with Crippen LogP contribution in [0.3, 0.4) is 0 Å². The maximum absolute atomic E-state index is 12.1. The fourth-order valence-corrected chi connectivity index (χ4v) is 2.78. The van der Waals surface area contributed by atoms with Gasteiger partial charge in [-0.3, -0.25) is 9.69 Å². The van der Waals surface area contributed by atoms with E-state index in [1.165, 1.54) is 9.91 Å². The Morgan fingerprint density at radius 2 is 1.88 bits per heavy atom. The van der Waals surface area contributed by atoms with Gasteiger partial charge in [0.1, 0.15) is 0 Å². The molecular formula is C12H15NOS2. The number of hydrogen-bond donors (Lipinski definition) is 0. The first-order valence-corrected chi connectivity index (χ1v) is 6.75. The Kier molecular flexibility index (Phi) is 4.99. The zero-order valence-corrected chi connectivity index (χ0v) is 11.3. The Balaban J connectivity index is 2.95. The molecule has 0 N–H and O–H groups in total. The largest absolute Gasteiger partial charge is 0.293 e. The van der Waals surface area contributed by atoms with Gasteiger partial charge in [0, 0.05) is 5.56 Å². The van der Waals surface area contributed by atoms with Crippen LogP contribution in [0.4, 0.5) is 0 Å². The average Bonchev–Trinajstić information content (AvgIpc) is 2.29. The third-order valence-corrected chi connectivity index (χ3v) is 3.75. The molecule has 0 radical (unpaired) electrons. The number of carbonyl (C=O) groups is 1. The van der Waals surface area contributed by atoms with E-state index in [0.717, 1.165) is 10.6 Å². The maximum Gasteiger partial charge on any atom is 0.171 e. The van der Waals surface area contributed by atoms with Crippen LogP contribution in [0.25, 0.3) is 0 Å². The molecule has 1 rings (SSSR count). The smallest absolute Gasteiger partial charge is 0.171 e. The van der Waals surface area contributed by atoms with Crippen molar-refractivity contribution in [2.75, 3.05) is 14.1 Å². The molecule has 0 aliphatic rings.